The molecule has 0 aliphatic carbocycles. The maximum absolute atomic E-state index is 6.86. The highest BCUT2D eigenvalue weighted by atomic mass is 35.5. The molecular formula is C12H14ClN. The summed E-state index contributed by atoms with van der Waals surface area (Å²) in [5.41, 5.74) is 1.95. The van der Waals surface area contributed by atoms with E-state index in [1.807, 2.05) is 12.1 Å². The highest BCUT2D eigenvalue weighted by molar-refractivity contribution is 6.31. The normalized spacial score (nSPS) is 11.1. The van der Waals surface area contributed by atoms with Crippen LogP contribution in [0.15, 0.2) is 18.2 Å². The van der Waals surface area contributed by atoms with Gasteiger partial charge in [-0.2, -0.15) is 0 Å². The molecule has 0 atom stereocenters. The maximum atomic E-state index is 6.86. The van der Waals surface area contributed by atoms with Crippen LogP contribution in [0.4, 0.5) is 5.69 Å². The molecule has 2 heteroatoms. The van der Waals surface area contributed by atoms with E-state index in [2.05, 4.69) is 25.6 Å². The lowest BCUT2D eigenvalue weighted by atomic mass is 9.88. The molecule has 0 spiro atoms. The number of benzene rings is 1. The van der Waals surface area contributed by atoms with Crippen molar-refractivity contribution in [3.63, 3.8) is 0 Å². The van der Waals surface area contributed by atoms with Crippen LogP contribution in [-0.4, -0.2) is 0 Å². The van der Waals surface area contributed by atoms with Crippen LogP contribution in [0.1, 0.15) is 26.3 Å². The molecule has 0 unspecified atom stereocenters. The molecule has 0 saturated heterocycles. The fraction of sp³-hybridized carbons (Fsp3) is 0.417. The number of nitrogens with zero attached hydrogens (tertiary/aromatic N) is 1. The van der Waals surface area contributed by atoms with Gasteiger partial charge in [0.15, 0.2) is 5.69 Å². The quantitative estimate of drug-likeness (QED) is 0.598. The maximum Gasteiger partial charge on any atom is 0.188 e. The van der Waals surface area contributed by atoms with Crippen molar-refractivity contribution in [2.24, 2.45) is 5.41 Å². The second kappa shape index (κ2) is 4.02. The predicted molar refractivity (Wildman–Crippen MR) is 60.9 cm³/mol. The fourth-order valence-electron chi connectivity index (χ4n) is 1.32. The molecular weight excluding hydrogens is 194 g/mol. The summed E-state index contributed by atoms with van der Waals surface area (Å²) in [6.07, 6.45) is 0.935. The van der Waals surface area contributed by atoms with E-state index >= 15 is 0 Å². The number of halogens is 1. The van der Waals surface area contributed by atoms with Gasteiger partial charge in [-0.15, -0.1) is 0 Å². The van der Waals surface area contributed by atoms with Crippen molar-refractivity contribution in [2.75, 3.05) is 0 Å². The van der Waals surface area contributed by atoms with Crippen molar-refractivity contribution < 1.29 is 0 Å². The Labute approximate surface area is 90.5 Å². The molecule has 0 radical (unpaired) electrons. The Bertz CT molecular complexity index is 369. The molecule has 0 heterocycles. The van der Waals surface area contributed by atoms with Crippen LogP contribution in [0.5, 0.6) is 0 Å². The van der Waals surface area contributed by atoms with Crippen LogP contribution < -0.4 is 0 Å². The van der Waals surface area contributed by atoms with Crippen molar-refractivity contribution >= 4 is 17.3 Å². The first kappa shape index (κ1) is 11.1. The molecule has 1 aromatic carbocycles. The zero-order valence-electron chi connectivity index (χ0n) is 8.76. The Morgan fingerprint density at radius 1 is 1.36 bits per heavy atom. The molecule has 0 aliphatic rings. The number of rotatable bonds is 1. The van der Waals surface area contributed by atoms with Crippen LogP contribution in [0, 0.1) is 12.0 Å². The second-order valence-electron chi connectivity index (χ2n) is 4.62. The van der Waals surface area contributed by atoms with Gasteiger partial charge in [-0.05, 0) is 23.5 Å². The molecule has 0 fully saturated rings. The molecule has 14 heavy (non-hydrogen) atoms. The van der Waals surface area contributed by atoms with E-state index in [0.717, 1.165) is 12.0 Å². The largest absolute Gasteiger partial charge is 0.238 e. The lowest BCUT2D eigenvalue weighted by Gasteiger charge is -2.18. The van der Waals surface area contributed by atoms with Gasteiger partial charge >= 0.3 is 0 Å². The van der Waals surface area contributed by atoms with Crippen molar-refractivity contribution in [1.29, 1.82) is 0 Å². The van der Waals surface area contributed by atoms with Gasteiger partial charge < -0.3 is 0 Å². The van der Waals surface area contributed by atoms with Gasteiger partial charge in [-0.25, -0.2) is 4.85 Å². The first-order valence-electron chi connectivity index (χ1n) is 4.58. The summed E-state index contributed by atoms with van der Waals surface area (Å²) >= 11 is 6.07. The van der Waals surface area contributed by atoms with Gasteiger partial charge in [-0.1, -0.05) is 44.5 Å². The average Bonchev–Trinajstić information content (AvgIpc) is 2.06. The minimum atomic E-state index is 0.225. The Morgan fingerprint density at radius 3 is 2.43 bits per heavy atom. The van der Waals surface area contributed by atoms with Gasteiger partial charge in [0, 0.05) is 5.02 Å². The van der Waals surface area contributed by atoms with Crippen molar-refractivity contribution in [3.05, 3.63) is 40.2 Å². The second-order valence-corrected chi connectivity index (χ2v) is 5.03. The minimum absolute atomic E-state index is 0.225. The van der Waals surface area contributed by atoms with E-state index in [1.165, 1.54) is 0 Å². The average molecular weight is 208 g/mol. The first-order chi connectivity index (χ1) is 6.42. The molecule has 0 saturated carbocycles. The van der Waals surface area contributed by atoms with E-state index in [-0.39, 0.29) is 5.41 Å². The molecule has 0 bridgehead atoms. The Balaban J connectivity index is 2.97. The molecule has 1 aromatic rings. The molecule has 0 amide bonds. The van der Waals surface area contributed by atoms with E-state index in [9.17, 15) is 0 Å². The standard InChI is InChI=1S/C12H14ClN/c1-12(2,3)8-9-5-6-10(14-4)7-11(9)13/h5-7H,8H2,1-3H3. The van der Waals surface area contributed by atoms with Crippen LogP contribution in [0.25, 0.3) is 4.85 Å². The Kier molecular flexibility index (Phi) is 3.18. The van der Waals surface area contributed by atoms with E-state index in [4.69, 9.17) is 18.2 Å². The van der Waals surface area contributed by atoms with Gasteiger partial charge in [0.1, 0.15) is 0 Å². The summed E-state index contributed by atoms with van der Waals surface area (Å²) in [5.74, 6) is 0. The predicted octanol–water partition coefficient (Wildman–Crippen LogP) is 4.48. The summed E-state index contributed by atoms with van der Waals surface area (Å²) < 4.78 is 0. The zero-order chi connectivity index (χ0) is 10.8. The van der Waals surface area contributed by atoms with Gasteiger partial charge in [0.25, 0.3) is 0 Å². The smallest absolute Gasteiger partial charge is 0.188 e. The zero-order valence-corrected chi connectivity index (χ0v) is 9.52. The van der Waals surface area contributed by atoms with Crippen molar-refractivity contribution in [2.45, 2.75) is 27.2 Å². The molecule has 1 rings (SSSR count). The number of hydrogen-bond acceptors (Lipinski definition) is 0. The third-order valence-corrected chi connectivity index (χ3v) is 2.24. The number of hydrogen-bond donors (Lipinski definition) is 0. The Morgan fingerprint density at radius 2 is 2.00 bits per heavy atom. The molecule has 0 aromatic heterocycles. The third-order valence-electron chi connectivity index (χ3n) is 1.89. The lowest BCUT2D eigenvalue weighted by molar-refractivity contribution is 0.411. The van der Waals surface area contributed by atoms with Crippen molar-refractivity contribution in [3.8, 4) is 0 Å². The fourth-order valence-corrected chi connectivity index (χ4v) is 1.56. The first-order valence-corrected chi connectivity index (χ1v) is 4.96. The molecule has 1 nitrogen and oxygen atoms in total. The van der Waals surface area contributed by atoms with Crippen molar-refractivity contribution in [1.82, 2.24) is 0 Å². The third kappa shape index (κ3) is 3.05. The van der Waals surface area contributed by atoms with Gasteiger partial charge in [-0.3, -0.25) is 0 Å². The summed E-state index contributed by atoms with van der Waals surface area (Å²) in [6, 6.07) is 5.50. The highest BCUT2D eigenvalue weighted by Gasteiger charge is 2.13. The highest BCUT2D eigenvalue weighted by Crippen LogP contribution is 2.28. The molecule has 74 valence electrons. The minimum Gasteiger partial charge on any atom is -0.238 e. The summed E-state index contributed by atoms with van der Waals surface area (Å²) in [5, 5.41) is 0.702. The molecule has 0 aliphatic heterocycles. The van der Waals surface area contributed by atoms with Crippen LogP contribution in [0.2, 0.25) is 5.02 Å². The van der Waals surface area contributed by atoms with E-state index in [1.54, 1.807) is 6.07 Å². The van der Waals surface area contributed by atoms with E-state index in [0.29, 0.717) is 10.7 Å². The SMILES string of the molecule is [C-]#[N+]c1ccc(CC(C)(C)C)c(Cl)c1. The molecule has 0 N–H and O–H groups in total. The summed E-state index contributed by atoms with van der Waals surface area (Å²) in [7, 11) is 0. The van der Waals surface area contributed by atoms with Gasteiger partial charge in [0.2, 0.25) is 0 Å². The monoisotopic (exact) mass is 207 g/mol. The summed E-state index contributed by atoms with van der Waals surface area (Å²) in [4.78, 5) is 3.33. The van der Waals surface area contributed by atoms with Crippen LogP contribution in [-0.2, 0) is 6.42 Å². The van der Waals surface area contributed by atoms with Gasteiger partial charge in [0.05, 0.1) is 6.57 Å². The summed E-state index contributed by atoms with van der Waals surface area (Å²) in [6.45, 7) is 13.4. The topological polar surface area (TPSA) is 4.36 Å². The van der Waals surface area contributed by atoms with Crippen LogP contribution >= 0.6 is 11.6 Å². The Hall–Kier alpha value is -1.00. The lowest BCUT2D eigenvalue weighted by Crippen LogP contribution is -2.09. The van der Waals surface area contributed by atoms with Crippen LogP contribution in [0.3, 0.4) is 0 Å². The van der Waals surface area contributed by atoms with E-state index < -0.39 is 0 Å².